The molecule has 0 bridgehead atoms. The van der Waals surface area contributed by atoms with E-state index in [2.05, 4.69) is 5.32 Å². The Hall–Kier alpha value is -3.73. The number of nitrogen functional groups attached to an aromatic ring is 1. The summed E-state index contributed by atoms with van der Waals surface area (Å²) in [6, 6.07) is 16.5. The first-order valence-corrected chi connectivity index (χ1v) is 17.4. The number of nitrogens with one attached hydrogen (secondary N) is 1. The molecule has 0 saturated carbocycles. The number of carbonyl (C=O) groups is 1. The lowest BCUT2D eigenvalue weighted by Gasteiger charge is -2.13. The summed E-state index contributed by atoms with van der Waals surface area (Å²) < 4.78 is 88.9. The summed E-state index contributed by atoms with van der Waals surface area (Å²) in [5.41, 5.74) is 7.67. The van der Waals surface area contributed by atoms with Crippen molar-refractivity contribution in [2.45, 2.75) is 22.5 Å². The molecule has 4 aromatic carbocycles. The van der Waals surface area contributed by atoms with E-state index in [9.17, 15) is 44.3 Å². The van der Waals surface area contributed by atoms with Crippen LogP contribution in [0.5, 0.6) is 5.75 Å². The molecule has 0 aliphatic rings. The molecule has 0 fully saturated rings. The highest BCUT2D eigenvalue weighted by Crippen LogP contribution is 2.37. The largest absolute Gasteiger partial charge is 0.507 e. The lowest BCUT2D eigenvalue weighted by Crippen LogP contribution is -2.14. The summed E-state index contributed by atoms with van der Waals surface area (Å²) in [6.45, 7) is 2.04. The van der Waals surface area contributed by atoms with Gasteiger partial charge in [-0.1, -0.05) is 29.8 Å². The first-order chi connectivity index (χ1) is 19.9. The van der Waals surface area contributed by atoms with Gasteiger partial charge in [-0.2, -0.15) is 16.8 Å². The molecular weight excluding hydrogens is 644 g/mol. The van der Waals surface area contributed by atoms with Gasteiger partial charge in [0.05, 0.1) is 27.0 Å². The summed E-state index contributed by atoms with van der Waals surface area (Å²) in [5, 5.41) is 12.4. The number of aromatic hydroxyl groups is 1. The normalized spacial score (nSPS) is 11.9. The smallest absolute Gasteiger partial charge is 0.294 e. The quantitative estimate of drug-likeness (QED) is 0.102. The van der Waals surface area contributed by atoms with Crippen LogP contribution in [0.2, 0.25) is 0 Å². The van der Waals surface area contributed by atoms with Crippen molar-refractivity contribution in [2.75, 3.05) is 22.7 Å². The molecule has 0 aliphatic carbocycles. The van der Waals surface area contributed by atoms with Gasteiger partial charge in [0, 0.05) is 28.6 Å². The molecule has 0 unspecified atom stereocenters. The first-order valence-electron chi connectivity index (χ1n) is 12.1. The minimum Gasteiger partial charge on any atom is -0.507 e. The van der Waals surface area contributed by atoms with Crippen LogP contribution >= 0.6 is 11.6 Å². The minimum atomic E-state index is -4.82. The first kappa shape index (κ1) is 33.8. The molecule has 1 amide bonds. The predicted octanol–water partition coefficient (Wildman–Crippen LogP) is 4.02. The maximum atomic E-state index is 12.8. The molecule has 4 aromatic rings. The molecule has 6 N–H and O–H groups in total. The average Bonchev–Trinajstić information content (AvgIpc) is 2.89. The molecular formula is C27H27ClN2O10S3. The molecule has 0 saturated heterocycles. The van der Waals surface area contributed by atoms with Crippen molar-refractivity contribution in [3.8, 4) is 5.75 Å². The number of amides is 1. The van der Waals surface area contributed by atoms with E-state index in [-0.39, 0.29) is 39.4 Å². The summed E-state index contributed by atoms with van der Waals surface area (Å²) in [7, 11) is -13.0. The predicted molar refractivity (Wildman–Crippen MR) is 163 cm³/mol. The fourth-order valence-electron chi connectivity index (χ4n) is 3.79. The third kappa shape index (κ3) is 9.38. The molecule has 4 rings (SSSR count). The van der Waals surface area contributed by atoms with Crippen LogP contribution in [0.4, 0.5) is 11.4 Å². The summed E-state index contributed by atoms with van der Waals surface area (Å²) >= 11 is 5.47. The molecule has 16 heteroatoms. The van der Waals surface area contributed by atoms with Crippen molar-refractivity contribution >= 4 is 69.7 Å². The van der Waals surface area contributed by atoms with E-state index in [0.29, 0.717) is 11.6 Å². The van der Waals surface area contributed by atoms with E-state index >= 15 is 0 Å². The van der Waals surface area contributed by atoms with Crippen LogP contribution in [0, 0.1) is 6.92 Å². The van der Waals surface area contributed by atoms with E-state index in [1.54, 1.807) is 0 Å². The van der Waals surface area contributed by atoms with Crippen molar-refractivity contribution in [1.29, 1.82) is 0 Å². The molecule has 12 nitrogen and oxygen atoms in total. The van der Waals surface area contributed by atoms with Crippen molar-refractivity contribution in [3.63, 3.8) is 0 Å². The van der Waals surface area contributed by atoms with E-state index < -0.39 is 51.5 Å². The van der Waals surface area contributed by atoms with E-state index in [1.807, 2.05) is 31.2 Å². The fraction of sp³-hybridized carbons (Fsp3) is 0.148. The number of fused-ring (bicyclic) bond motifs is 1. The highest BCUT2D eigenvalue weighted by atomic mass is 35.5. The van der Waals surface area contributed by atoms with Gasteiger partial charge in [-0.15, -0.1) is 11.6 Å². The average molecular weight is 671 g/mol. The van der Waals surface area contributed by atoms with Crippen LogP contribution in [0.3, 0.4) is 0 Å². The summed E-state index contributed by atoms with van der Waals surface area (Å²) in [5.74, 6) is -2.04. The zero-order valence-electron chi connectivity index (χ0n) is 22.4. The second-order valence-corrected chi connectivity index (χ2v) is 14.7. The van der Waals surface area contributed by atoms with Crippen LogP contribution in [0.15, 0.2) is 82.6 Å². The van der Waals surface area contributed by atoms with Gasteiger partial charge in [-0.05, 0) is 60.3 Å². The van der Waals surface area contributed by atoms with Crippen molar-refractivity contribution in [1.82, 2.24) is 0 Å². The van der Waals surface area contributed by atoms with Crippen LogP contribution in [-0.4, -0.2) is 57.0 Å². The number of hydrogen-bond acceptors (Lipinski definition) is 9. The number of sulfone groups is 1. The molecule has 0 heterocycles. The van der Waals surface area contributed by atoms with Crippen molar-refractivity contribution in [3.05, 3.63) is 89.5 Å². The molecule has 0 aromatic heterocycles. The van der Waals surface area contributed by atoms with Gasteiger partial charge in [0.25, 0.3) is 26.1 Å². The number of phenolic OH excluding ortho intramolecular Hbond substituents is 1. The molecule has 43 heavy (non-hydrogen) atoms. The zero-order valence-corrected chi connectivity index (χ0v) is 25.6. The standard InChI is InChI=1S/C20H18ClNO10S3.C7H9N/c21-5-6-33(25,26)11-12-1-3-13(4-2-12)20(24)22-17-9-15(34(27,28)29)7-14-8-16(35(30,31)32)10-18(23)19(14)17;1-6-2-4-7(8)5-3-6/h1-4,7-10,23H,5-6,11H2,(H,22,24)(H,27,28,29)(H,30,31,32);2-5H,8H2,1H3. The number of halogens is 1. The van der Waals surface area contributed by atoms with Crippen LogP contribution in [0.1, 0.15) is 21.5 Å². The second kappa shape index (κ2) is 13.3. The Morgan fingerprint density at radius 2 is 1.37 bits per heavy atom. The number of nitrogens with two attached hydrogens (primary N) is 1. The van der Waals surface area contributed by atoms with E-state index in [1.165, 1.54) is 29.8 Å². The maximum Gasteiger partial charge on any atom is 0.294 e. The van der Waals surface area contributed by atoms with E-state index in [4.69, 9.17) is 17.3 Å². The molecule has 0 radical (unpaired) electrons. The number of benzene rings is 4. The van der Waals surface area contributed by atoms with Crippen LogP contribution in [-0.2, 0) is 35.8 Å². The Bertz CT molecular complexity index is 1950. The molecule has 0 atom stereocenters. The maximum absolute atomic E-state index is 12.8. The number of anilines is 2. The Labute approximate surface area is 253 Å². The van der Waals surface area contributed by atoms with Gasteiger partial charge in [0.2, 0.25) is 0 Å². The monoisotopic (exact) mass is 670 g/mol. The third-order valence-electron chi connectivity index (χ3n) is 5.89. The van der Waals surface area contributed by atoms with Crippen LogP contribution in [0.25, 0.3) is 10.8 Å². The SMILES string of the molecule is Cc1ccc(N)cc1.O=C(Nc1cc(S(=O)(=O)O)cc2cc(S(=O)(=O)O)cc(O)c12)c1ccc(CS(=O)(=O)CCCl)cc1. The Balaban J connectivity index is 0.000000546. The number of alkyl halides is 1. The van der Waals surface area contributed by atoms with Gasteiger partial charge in [-0.3, -0.25) is 13.9 Å². The van der Waals surface area contributed by atoms with Crippen molar-refractivity contribution in [2.24, 2.45) is 0 Å². The summed E-state index contributed by atoms with van der Waals surface area (Å²) in [6.07, 6.45) is 0. The number of aryl methyl sites for hydroxylation is 1. The number of hydrogen-bond donors (Lipinski definition) is 5. The highest BCUT2D eigenvalue weighted by Gasteiger charge is 2.21. The van der Waals surface area contributed by atoms with Gasteiger partial charge >= 0.3 is 0 Å². The lowest BCUT2D eigenvalue weighted by molar-refractivity contribution is 0.102. The topological polar surface area (TPSA) is 218 Å². The molecule has 230 valence electrons. The lowest BCUT2D eigenvalue weighted by atomic mass is 10.1. The van der Waals surface area contributed by atoms with Gasteiger partial charge in [0.1, 0.15) is 5.75 Å². The van der Waals surface area contributed by atoms with Crippen molar-refractivity contribution < 1.29 is 44.3 Å². The minimum absolute atomic E-state index is 0.0444. The summed E-state index contributed by atoms with van der Waals surface area (Å²) in [4.78, 5) is 11.3. The van der Waals surface area contributed by atoms with Crippen LogP contribution < -0.4 is 11.1 Å². The van der Waals surface area contributed by atoms with Gasteiger partial charge in [0.15, 0.2) is 9.84 Å². The van der Waals surface area contributed by atoms with Gasteiger partial charge in [-0.25, -0.2) is 8.42 Å². The third-order valence-corrected chi connectivity index (χ3v) is 9.56. The van der Waals surface area contributed by atoms with Gasteiger partial charge < -0.3 is 16.2 Å². The highest BCUT2D eigenvalue weighted by molar-refractivity contribution is 7.90. The Morgan fingerprint density at radius 3 is 1.86 bits per heavy atom. The molecule has 0 aliphatic heterocycles. The fourth-order valence-corrected chi connectivity index (χ4v) is 6.66. The molecule has 0 spiro atoms. The van der Waals surface area contributed by atoms with E-state index in [0.717, 1.165) is 23.9 Å². The zero-order chi connectivity index (χ0) is 32.2. The number of rotatable bonds is 8. The Morgan fingerprint density at radius 1 is 0.837 bits per heavy atom. The number of carbonyl (C=O) groups excluding carboxylic acids is 1. The second-order valence-electron chi connectivity index (χ2n) is 9.30. The Kier molecular flexibility index (Phi) is 10.4. The number of phenols is 1.